The molecule has 0 fully saturated rings. The highest BCUT2D eigenvalue weighted by Crippen LogP contribution is 2.25. The maximum absolute atomic E-state index is 11.9. The average Bonchev–Trinajstić information content (AvgIpc) is 2.26. The minimum absolute atomic E-state index is 0.377. The summed E-state index contributed by atoms with van der Waals surface area (Å²) in [5, 5.41) is 13.0. The minimum atomic E-state index is -0.377. The molecule has 0 amide bonds. The fourth-order valence-corrected chi connectivity index (χ4v) is 1.56. The van der Waals surface area contributed by atoms with Gasteiger partial charge in [-0.05, 0) is 50.8 Å². The van der Waals surface area contributed by atoms with Gasteiger partial charge in [-0.15, -0.1) is 0 Å². The summed E-state index contributed by atoms with van der Waals surface area (Å²) in [6, 6.07) is 7.94. The van der Waals surface area contributed by atoms with E-state index in [1.807, 2.05) is 32.9 Å². The molecule has 90 valence electrons. The Bertz CT molecular complexity index is 324. The zero-order chi connectivity index (χ0) is 12.3. The number of nitrogens with zero attached hydrogens (tertiary/aromatic N) is 1. The Morgan fingerprint density at radius 2 is 1.69 bits per heavy atom. The van der Waals surface area contributed by atoms with Crippen LogP contribution in [0.15, 0.2) is 24.3 Å². The van der Waals surface area contributed by atoms with Crippen molar-refractivity contribution in [1.82, 2.24) is 0 Å². The second-order valence-electron chi connectivity index (χ2n) is 5.37. The SMILES string of the molecule is CCC(C)c1ccc(N([O-])C(C)(C)C)cc1. The summed E-state index contributed by atoms with van der Waals surface area (Å²) in [6.07, 6.45) is 1.12. The molecule has 0 aromatic heterocycles. The molecule has 0 spiro atoms. The van der Waals surface area contributed by atoms with E-state index in [0.29, 0.717) is 5.92 Å². The average molecular weight is 220 g/mol. The molecule has 0 N–H and O–H groups in total. The first-order valence-electron chi connectivity index (χ1n) is 5.93. The van der Waals surface area contributed by atoms with Gasteiger partial charge in [0.05, 0.1) is 0 Å². The number of benzene rings is 1. The smallest absolute Gasteiger partial charge is 0.0263 e. The predicted molar refractivity (Wildman–Crippen MR) is 70.7 cm³/mol. The van der Waals surface area contributed by atoms with Crippen LogP contribution in [0.25, 0.3) is 0 Å². The first-order chi connectivity index (χ1) is 7.36. The Morgan fingerprint density at radius 1 is 1.19 bits per heavy atom. The molecule has 0 heterocycles. The highest BCUT2D eigenvalue weighted by Gasteiger charge is 2.13. The van der Waals surface area contributed by atoms with E-state index in [4.69, 9.17) is 0 Å². The normalized spacial score (nSPS) is 13.6. The number of hydroxylamine groups is 1. The molecule has 1 rings (SSSR count). The Kier molecular flexibility index (Phi) is 3.98. The van der Waals surface area contributed by atoms with Crippen LogP contribution in [0.3, 0.4) is 0 Å². The van der Waals surface area contributed by atoms with Crippen LogP contribution >= 0.6 is 0 Å². The van der Waals surface area contributed by atoms with E-state index in [-0.39, 0.29) is 5.54 Å². The monoisotopic (exact) mass is 220 g/mol. The molecular weight excluding hydrogens is 198 g/mol. The molecule has 0 aliphatic rings. The second kappa shape index (κ2) is 4.88. The fraction of sp³-hybridized carbons (Fsp3) is 0.571. The number of rotatable bonds is 3. The molecule has 1 atom stereocenters. The molecule has 0 saturated carbocycles. The van der Waals surface area contributed by atoms with Crippen molar-refractivity contribution in [2.24, 2.45) is 0 Å². The predicted octanol–water partition coefficient (Wildman–Crippen LogP) is 4.30. The van der Waals surface area contributed by atoms with E-state index in [9.17, 15) is 5.21 Å². The Balaban J connectivity index is 2.87. The molecule has 0 saturated heterocycles. The zero-order valence-corrected chi connectivity index (χ0v) is 10.9. The molecular formula is C14H22NO-. The first-order valence-corrected chi connectivity index (χ1v) is 5.93. The zero-order valence-electron chi connectivity index (χ0n) is 10.9. The van der Waals surface area contributed by atoms with Crippen molar-refractivity contribution in [3.05, 3.63) is 35.0 Å². The summed E-state index contributed by atoms with van der Waals surface area (Å²) in [5.74, 6) is 0.559. The van der Waals surface area contributed by atoms with Crippen LogP contribution < -0.4 is 5.06 Å². The van der Waals surface area contributed by atoms with E-state index >= 15 is 0 Å². The molecule has 0 aliphatic heterocycles. The fourth-order valence-electron chi connectivity index (χ4n) is 1.56. The van der Waals surface area contributed by atoms with Crippen molar-refractivity contribution >= 4 is 5.69 Å². The van der Waals surface area contributed by atoms with E-state index in [1.54, 1.807) is 0 Å². The van der Waals surface area contributed by atoms with Crippen molar-refractivity contribution in [2.75, 3.05) is 5.06 Å². The van der Waals surface area contributed by atoms with Crippen molar-refractivity contribution in [3.63, 3.8) is 0 Å². The summed E-state index contributed by atoms with van der Waals surface area (Å²) in [7, 11) is 0. The number of hydrogen-bond donors (Lipinski definition) is 0. The lowest BCUT2D eigenvalue weighted by Crippen LogP contribution is -2.36. The van der Waals surface area contributed by atoms with Gasteiger partial charge in [-0.3, -0.25) is 0 Å². The van der Waals surface area contributed by atoms with Crippen LogP contribution in [0.2, 0.25) is 0 Å². The summed E-state index contributed by atoms with van der Waals surface area (Å²) in [6.45, 7) is 10.1. The standard InChI is InChI=1S/C14H22NO/c1-6-11(2)12-7-9-13(10-8-12)15(16)14(3,4)5/h7-11H,6H2,1-5H3/q-1. The van der Waals surface area contributed by atoms with Crippen LogP contribution in [-0.2, 0) is 0 Å². The molecule has 0 radical (unpaired) electrons. The van der Waals surface area contributed by atoms with Crippen molar-refractivity contribution in [3.8, 4) is 0 Å². The van der Waals surface area contributed by atoms with Gasteiger partial charge in [-0.25, -0.2) is 0 Å². The third-order valence-electron chi connectivity index (χ3n) is 2.92. The molecule has 2 nitrogen and oxygen atoms in total. The minimum Gasteiger partial charge on any atom is -0.758 e. The van der Waals surface area contributed by atoms with E-state index in [1.165, 1.54) is 5.56 Å². The molecule has 1 aromatic rings. The highest BCUT2D eigenvalue weighted by atomic mass is 16.5. The highest BCUT2D eigenvalue weighted by molar-refractivity contribution is 5.50. The van der Waals surface area contributed by atoms with Crippen molar-refractivity contribution in [2.45, 2.75) is 52.5 Å². The first kappa shape index (κ1) is 13.0. The van der Waals surface area contributed by atoms with E-state index in [2.05, 4.69) is 26.0 Å². The molecule has 0 aliphatic carbocycles. The van der Waals surface area contributed by atoms with Crippen LogP contribution in [0.1, 0.15) is 52.5 Å². The Morgan fingerprint density at radius 3 is 2.06 bits per heavy atom. The topological polar surface area (TPSA) is 26.3 Å². The van der Waals surface area contributed by atoms with E-state index < -0.39 is 0 Å². The van der Waals surface area contributed by atoms with Crippen LogP contribution in [0.4, 0.5) is 5.69 Å². The summed E-state index contributed by atoms with van der Waals surface area (Å²) in [5.41, 5.74) is 1.66. The van der Waals surface area contributed by atoms with Gasteiger partial charge >= 0.3 is 0 Å². The lowest BCUT2D eigenvalue weighted by molar-refractivity contribution is 0.556. The van der Waals surface area contributed by atoms with Crippen molar-refractivity contribution in [1.29, 1.82) is 0 Å². The summed E-state index contributed by atoms with van der Waals surface area (Å²) >= 11 is 0. The Hall–Kier alpha value is -1.02. The Labute approximate surface area is 98.9 Å². The van der Waals surface area contributed by atoms with Gasteiger partial charge in [0.2, 0.25) is 0 Å². The summed E-state index contributed by atoms with van der Waals surface area (Å²) in [4.78, 5) is 0. The van der Waals surface area contributed by atoms with Gasteiger partial charge in [0.15, 0.2) is 0 Å². The van der Waals surface area contributed by atoms with Gasteiger partial charge < -0.3 is 10.3 Å². The third-order valence-corrected chi connectivity index (χ3v) is 2.92. The van der Waals surface area contributed by atoms with Gasteiger partial charge in [0.25, 0.3) is 0 Å². The quantitative estimate of drug-likeness (QED) is 0.710. The molecule has 1 aromatic carbocycles. The molecule has 0 bridgehead atoms. The molecule has 16 heavy (non-hydrogen) atoms. The van der Waals surface area contributed by atoms with Gasteiger partial charge in [-0.1, -0.05) is 26.0 Å². The van der Waals surface area contributed by atoms with Gasteiger partial charge in [-0.2, -0.15) is 0 Å². The third kappa shape index (κ3) is 2.99. The van der Waals surface area contributed by atoms with Crippen LogP contribution in [-0.4, -0.2) is 5.54 Å². The van der Waals surface area contributed by atoms with Gasteiger partial charge in [0, 0.05) is 11.2 Å². The number of anilines is 1. The molecule has 1 unspecified atom stereocenters. The lowest BCUT2D eigenvalue weighted by Gasteiger charge is -2.43. The molecule has 2 heteroatoms. The lowest BCUT2D eigenvalue weighted by atomic mass is 9.98. The maximum Gasteiger partial charge on any atom is 0.0263 e. The summed E-state index contributed by atoms with van der Waals surface area (Å²) < 4.78 is 0. The van der Waals surface area contributed by atoms with Crippen LogP contribution in [0, 0.1) is 5.21 Å². The largest absolute Gasteiger partial charge is 0.758 e. The van der Waals surface area contributed by atoms with E-state index in [0.717, 1.165) is 17.2 Å². The van der Waals surface area contributed by atoms with Crippen molar-refractivity contribution < 1.29 is 0 Å². The maximum atomic E-state index is 11.9. The number of hydrogen-bond acceptors (Lipinski definition) is 2. The second-order valence-corrected chi connectivity index (χ2v) is 5.37. The van der Waals surface area contributed by atoms with Crippen LogP contribution in [0.5, 0.6) is 0 Å². The van der Waals surface area contributed by atoms with Gasteiger partial charge in [0.1, 0.15) is 0 Å².